The molecule has 1 aromatic carbocycles. The third-order valence-corrected chi connectivity index (χ3v) is 4.01. The summed E-state index contributed by atoms with van der Waals surface area (Å²) in [6.45, 7) is 2.41. The molecular formula is C19H20N4O4. The van der Waals surface area contributed by atoms with Gasteiger partial charge in [0.2, 0.25) is 0 Å². The smallest absolute Gasteiger partial charge is 0.340 e. The van der Waals surface area contributed by atoms with Crippen LogP contribution in [0.4, 0.5) is 5.69 Å². The molecule has 2 heterocycles. The van der Waals surface area contributed by atoms with E-state index < -0.39 is 11.9 Å². The number of benzene rings is 1. The average Bonchev–Trinajstić information content (AvgIpc) is 3.06. The summed E-state index contributed by atoms with van der Waals surface area (Å²) in [4.78, 5) is 28.9. The molecular weight excluding hydrogens is 348 g/mol. The minimum Gasteiger partial charge on any atom is -0.465 e. The molecule has 0 aliphatic rings. The van der Waals surface area contributed by atoms with Gasteiger partial charge in [-0.15, -0.1) is 0 Å². The van der Waals surface area contributed by atoms with Crippen LogP contribution in [0.25, 0.3) is 10.9 Å². The second-order valence-electron chi connectivity index (χ2n) is 6.04. The van der Waals surface area contributed by atoms with Crippen molar-refractivity contribution in [2.45, 2.75) is 19.9 Å². The molecule has 0 fully saturated rings. The minimum absolute atomic E-state index is 0.0639. The first kappa shape index (κ1) is 18.5. The Morgan fingerprint density at radius 3 is 2.81 bits per heavy atom. The highest BCUT2D eigenvalue weighted by atomic mass is 16.5. The van der Waals surface area contributed by atoms with E-state index in [0.717, 1.165) is 11.1 Å². The lowest BCUT2D eigenvalue weighted by atomic mass is 10.1. The number of amides is 1. The van der Waals surface area contributed by atoms with Crippen molar-refractivity contribution in [3.63, 3.8) is 0 Å². The number of esters is 1. The number of hydrogen-bond donors (Lipinski definition) is 2. The summed E-state index contributed by atoms with van der Waals surface area (Å²) >= 11 is 0. The number of anilines is 1. The summed E-state index contributed by atoms with van der Waals surface area (Å²) in [7, 11) is 1.28. The van der Waals surface area contributed by atoms with E-state index in [4.69, 9.17) is 9.84 Å². The number of aliphatic hydroxyl groups excluding tert-OH is 1. The predicted molar refractivity (Wildman–Crippen MR) is 99.7 cm³/mol. The van der Waals surface area contributed by atoms with Gasteiger partial charge in [0.25, 0.3) is 5.91 Å². The van der Waals surface area contributed by atoms with Crippen LogP contribution in [0.1, 0.15) is 33.0 Å². The summed E-state index contributed by atoms with van der Waals surface area (Å²) in [6.07, 6.45) is 2.37. The number of ether oxygens (including phenoxy) is 1. The molecule has 0 bridgehead atoms. The number of carbonyl (C=O) groups excluding carboxylic acids is 2. The van der Waals surface area contributed by atoms with Crippen LogP contribution in [-0.2, 0) is 11.3 Å². The first-order chi connectivity index (χ1) is 13.0. The summed E-state index contributed by atoms with van der Waals surface area (Å²) < 4.78 is 6.52. The van der Waals surface area contributed by atoms with Gasteiger partial charge in [-0.05, 0) is 37.6 Å². The molecule has 2 N–H and O–H groups in total. The fraction of sp³-hybridized carbons (Fsp3) is 0.263. The first-order valence-electron chi connectivity index (χ1n) is 8.47. The second-order valence-corrected chi connectivity index (χ2v) is 6.04. The lowest BCUT2D eigenvalue weighted by molar-refractivity contribution is 0.0602. The zero-order chi connectivity index (χ0) is 19.4. The third-order valence-electron chi connectivity index (χ3n) is 4.01. The topological polar surface area (TPSA) is 106 Å². The van der Waals surface area contributed by atoms with Crippen LogP contribution in [0.3, 0.4) is 0 Å². The molecule has 0 atom stereocenters. The number of hydrogen-bond acceptors (Lipinski definition) is 6. The normalized spacial score (nSPS) is 10.8. The van der Waals surface area contributed by atoms with Crippen LogP contribution in [0.5, 0.6) is 0 Å². The van der Waals surface area contributed by atoms with Gasteiger partial charge in [-0.25, -0.2) is 9.78 Å². The maximum atomic E-state index is 12.5. The van der Waals surface area contributed by atoms with Crippen LogP contribution in [0, 0.1) is 6.92 Å². The Hall–Kier alpha value is -3.26. The number of nitrogens with zero attached hydrogens (tertiary/aromatic N) is 3. The number of rotatable bonds is 6. The second kappa shape index (κ2) is 7.96. The largest absolute Gasteiger partial charge is 0.465 e. The number of aliphatic hydroxyl groups is 1. The van der Waals surface area contributed by atoms with Crippen LogP contribution in [-0.4, -0.2) is 45.5 Å². The van der Waals surface area contributed by atoms with Gasteiger partial charge in [-0.2, -0.15) is 5.10 Å². The lowest BCUT2D eigenvalue weighted by Gasteiger charge is -2.10. The van der Waals surface area contributed by atoms with Gasteiger partial charge < -0.3 is 15.2 Å². The van der Waals surface area contributed by atoms with E-state index in [1.165, 1.54) is 7.11 Å². The summed E-state index contributed by atoms with van der Waals surface area (Å²) in [6, 6.07) is 8.40. The van der Waals surface area contributed by atoms with E-state index in [9.17, 15) is 9.59 Å². The number of aromatic nitrogens is 3. The minimum atomic E-state index is -0.575. The van der Waals surface area contributed by atoms with Crippen molar-refractivity contribution in [3.8, 4) is 0 Å². The Bertz CT molecular complexity index is 997. The van der Waals surface area contributed by atoms with Gasteiger partial charge in [0.05, 0.1) is 23.9 Å². The number of nitrogens with one attached hydrogen (secondary N) is 1. The molecule has 0 saturated carbocycles. The van der Waals surface area contributed by atoms with Crippen molar-refractivity contribution in [1.82, 2.24) is 14.8 Å². The number of pyridine rings is 1. The van der Waals surface area contributed by atoms with Gasteiger partial charge >= 0.3 is 5.97 Å². The van der Waals surface area contributed by atoms with Crippen molar-refractivity contribution < 1.29 is 19.4 Å². The predicted octanol–water partition coefficient (Wildman–Crippen LogP) is 2.16. The Kier molecular flexibility index (Phi) is 5.46. The molecule has 1 amide bonds. The highest BCUT2D eigenvalue weighted by Crippen LogP contribution is 2.25. The summed E-state index contributed by atoms with van der Waals surface area (Å²) in [5.41, 5.74) is 2.10. The Morgan fingerprint density at radius 1 is 1.30 bits per heavy atom. The first-order valence-corrected chi connectivity index (χ1v) is 8.47. The van der Waals surface area contributed by atoms with Gasteiger partial charge in [-0.1, -0.05) is 6.07 Å². The average molecular weight is 368 g/mol. The highest BCUT2D eigenvalue weighted by molar-refractivity contribution is 6.09. The molecule has 2 aromatic heterocycles. The number of fused-ring (bicyclic) bond motifs is 1. The van der Waals surface area contributed by atoms with E-state index in [0.29, 0.717) is 24.2 Å². The van der Waals surface area contributed by atoms with Crippen molar-refractivity contribution in [2.24, 2.45) is 0 Å². The fourth-order valence-electron chi connectivity index (χ4n) is 2.71. The third kappa shape index (κ3) is 4.12. The Labute approximate surface area is 155 Å². The molecule has 8 nitrogen and oxygen atoms in total. The summed E-state index contributed by atoms with van der Waals surface area (Å²) in [5, 5.41) is 16.8. The van der Waals surface area contributed by atoms with Crippen LogP contribution >= 0.6 is 0 Å². The highest BCUT2D eigenvalue weighted by Gasteiger charge is 2.18. The zero-order valence-corrected chi connectivity index (χ0v) is 15.1. The number of aryl methyl sites for hydroxylation is 2. The molecule has 0 spiro atoms. The molecule has 0 radical (unpaired) electrons. The van der Waals surface area contributed by atoms with Gasteiger partial charge in [-0.3, -0.25) is 9.48 Å². The Balaban J connectivity index is 1.98. The van der Waals surface area contributed by atoms with Crippen LogP contribution in [0.15, 0.2) is 36.5 Å². The standard InChI is InChI=1S/C19H20N4O4/c1-12-5-3-6-15(20-12)18(25)21-17-9-13-11-23(7-4-8-24)22-16(13)10-14(17)19(26)27-2/h3,5-6,9-11,24H,4,7-8H2,1-2H3,(H,21,25). The zero-order valence-electron chi connectivity index (χ0n) is 15.1. The van der Waals surface area contributed by atoms with Crippen LogP contribution < -0.4 is 5.32 Å². The van der Waals surface area contributed by atoms with Crippen molar-refractivity contribution in [3.05, 3.63) is 53.5 Å². The van der Waals surface area contributed by atoms with Crippen molar-refractivity contribution in [1.29, 1.82) is 0 Å². The van der Waals surface area contributed by atoms with E-state index >= 15 is 0 Å². The molecule has 27 heavy (non-hydrogen) atoms. The van der Waals surface area contributed by atoms with Gasteiger partial charge in [0.15, 0.2) is 0 Å². The lowest BCUT2D eigenvalue weighted by Crippen LogP contribution is -2.17. The van der Waals surface area contributed by atoms with E-state index in [1.54, 1.807) is 48.1 Å². The molecule has 0 aliphatic heterocycles. The SMILES string of the molecule is COC(=O)c1cc2nn(CCCO)cc2cc1NC(=O)c1cccc(C)n1. The quantitative estimate of drug-likeness (QED) is 0.646. The fourth-order valence-corrected chi connectivity index (χ4v) is 2.71. The molecule has 0 saturated heterocycles. The maximum Gasteiger partial charge on any atom is 0.340 e. The monoisotopic (exact) mass is 368 g/mol. The Morgan fingerprint density at radius 2 is 2.11 bits per heavy atom. The molecule has 8 heteroatoms. The molecule has 0 unspecified atom stereocenters. The van der Waals surface area contributed by atoms with Crippen molar-refractivity contribution >= 4 is 28.5 Å². The summed E-state index contributed by atoms with van der Waals surface area (Å²) in [5.74, 6) is -0.995. The maximum absolute atomic E-state index is 12.5. The van der Waals surface area contributed by atoms with Gasteiger partial charge in [0, 0.05) is 30.4 Å². The molecule has 140 valence electrons. The number of methoxy groups -OCH3 is 1. The molecule has 3 rings (SSSR count). The van der Waals surface area contributed by atoms with E-state index in [-0.39, 0.29) is 17.9 Å². The molecule has 3 aromatic rings. The van der Waals surface area contributed by atoms with Crippen LogP contribution in [0.2, 0.25) is 0 Å². The number of carbonyl (C=O) groups is 2. The van der Waals surface area contributed by atoms with E-state index in [1.807, 2.05) is 0 Å². The van der Waals surface area contributed by atoms with Crippen molar-refractivity contribution in [2.75, 3.05) is 19.0 Å². The van der Waals surface area contributed by atoms with Gasteiger partial charge in [0.1, 0.15) is 5.69 Å². The molecule has 0 aliphatic carbocycles. The van der Waals surface area contributed by atoms with E-state index in [2.05, 4.69) is 15.4 Å².